The zero-order chi connectivity index (χ0) is 13.8. The van der Waals surface area contributed by atoms with E-state index in [1.54, 1.807) is 11.8 Å². The standard InChI is InChI=1S/C16H25NOS/c1-11-4-6-13(7-5-11)16(14-8-9-14)17-12(2)15(10-18)19-3/h4-7,12,14-18H,8-10H2,1-3H3. The van der Waals surface area contributed by atoms with Crippen LogP contribution < -0.4 is 5.32 Å². The summed E-state index contributed by atoms with van der Waals surface area (Å²) in [5.41, 5.74) is 2.70. The Labute approximate surface area is 121 Å². The maximum Gasteiger partial charge on any atom is 0.0564 e. The minimum absolute atomic E-state index is 0.237. The highest BCUT2D eigenvalue weighted by molar-refractivity contribution is 7.99. The lowest BCUT2D eigenvalue weighted by Crippen LogP contribution is -2.40. The second-order valence-electron chi connectivity index (χ2n) is 5.64. The quantitative estimate of drug-likeness (QED) is 0.804. The normalized spacial score (nSPS) is 20.0. The van der Waals surface area contributed by atoms with Crippen LogP contribution in [0.3, 0.4) is 0 Å². The smallest absolute Gasteiger partial charge is 0.0564 e. The van der Waals surface area contributed by atoms with E-state index in [1.807, 2.05) is 0 Å². The summed E-state index contributed by atoms with van der Waals surface area (Å²) in [7, 11) is 0. The van der Waals surface area contributed by atoms with Gasteiger partial charge in [-0.2, -0.15) is 11.8 Å². The molecule has 1 saturated carbocycles. The summed E-state index contributed by atoms with van der Waals surface area (Å²) in [5, 5.41) is 13.4. The number of rotatable bonds is 7. The fourth-order valence-corrected chi connectivity index (χ4v) is 3.17. The number of benzene rings is 1. The van der Waals surface area contributed by atoms with Crippen LogP contribution in [-0.4, -0.2) is 29.3 Å². The second-order valence-corrected chi connectivity index (χ2v) is 6.71. The van der Waals surface area contributed by atoms with Gasteiger partial charge in [0.1, 0.15) is 0 Å². The van der Waals surface area contributed by atoms with Gasteiger partial charge in [-0.15, -0.1) is 0 Å². The Hall–Kier alpha value is -0.510. The fourth-order valence-electron chi connectivity index (χ4n) is 2.54. The highest BCUT2D eigenvalue weighted by Crippen LogP contribution is 2.41. The van der Waals surface area contributed by atoms with Gasteiger partial charge in [-0.25, -0.2) is 0 Å². The van der Waals surface area contributed by atoms with Crippen molar-refractivity contribution in [2.75, 3.05) is 12.9 Å². The van der Waals surface area contributed by atoms with Gasteiger partial charge < -0.3 is 10.4 Å². The van der Waals surface area contributed by atoms with E-state index in [1.165, 1.54) is 24.0 Å². The van der Waals surface area contributed by atoms with E-state index in [0.717, 1.165) is 5.92 Å². The van der Waals surface area contributed by atoms with Crippen LogP contribution in [0, 0.1) is 12.8 Å². The number of aliphatic hydroxyl groups is 1. The average molecular weight is 279 g/mol. The summed E-state index contributed by atoms with van der Waals surface area (Å²) in [6.07, 6.45) is 4.71. The van der Waals surface area contributed by atoms with E-state index >= 15 is 0 Å². The molecule has 0 aromatic heterocycles. The Morgan fingerprint density at radius 2 is 1.95 bits per heavy atom. The minimum Gasteiger partial charge on any atom is -0.395 e. The first kappa shape index (κ1) is 14.9. The third kappa shape index (κ3) is 3.98. The lowest BCUT2D eigenvalue weighted by atomic mass is 10.00. The van der Waals surface area contributed by atoms with E-state index in [9.17, 15) is 5.11 Å². The lowest BCUT2D eigenvalue weighted by molar-refractivity contribution is 0.267. The zero-order valence-corrected chi connectivity index (χ0v) is 12.9. The Bertz CT molecular complexity index is 384. The number of aryl methyl sites for hydroxylation is 1. The molecule has 3 atom stereocenters. The van der Waals surface area contributed by atoms with Crippen LogP contribution >= 0.6 is 11.8 Å². The summed E-state index contributed by atoms with van der Waals surface area (Å²) < 4.78 is 0. The van der Waals surface area contributed by atoms with Crippen molar-refractivity contribution in [2.45, 2.75) is 44.0 Å². The molecular formula is C16H25NOS. The van der Waals surface area contributed by atoms with Crippen molar-refractivity contribution >= 4 is 11.8 Å². The van der Waals surface area contributed by atoms with E-state index in [-0.39, 0.29) is 11.9 Å². The van der Waals surface area contributed by atoms with Gasteiger partial charge in [0.15, 0.2) is 0 Å². The van der Waals surface area contributed by atoms with Crippen LogP contribution in [0.15, 0.2) is 24.3 Å². The van der Waals surface area contributed by atoms with Gasteiger partial charge in [-0.3, -0.25) is 0 Å². The Morgan fingerprint density at radius 1 is 1.32 bits per heavy atom. The summed E-state index contributed by atoms with van der Waals surface area (Å²) in [5.74, 6) is 0.770. The molecule has 2 nitrogen and oxygen atoms in total. The molecule has 0 heterocycles. The Morgan fingerprint density at radius 3 is 2.42 bits per heavy atom. The molecule has 1 fully saturated rings. The predicted octanol–water partition coefficient (Wildman–Crippen LogP) is 3.15. The Kier molecular flexibility index (Phi) is 5.31. The van der Waals surface area contributed by atoms with Crippen molar-refractivity contribution in [3.05, 3.63) is 35.4 Å². The van der Waals surface area contributed by atoms with Gasteiger partial charge >= 0.3 is 0 Å². The number of nitrogens with one attached hydrogen (secondary N) is 1. The summed E-state index contributed by atoms with van der Waals surface area (Å²) in [6.45, 7) is 4.54. The minimum atomic E-state index is 0.237. The highest BCUT2D eigenvalue weighted by Gasteiger charge is 2.33. The zero-order valence-electron chi connectivity index (χ0n) is 12.1. The van der Waals surface area contributed by atoms with Gasteiger partial charge in [0.25, 0.3) is 0 Å². The van der Waals surface area contributed by atoms with Crippen LogP contribution in [0.25, 0.3) is 0 Å². The van der Waals surface area contributed by atoms with Crippen LogP contribution in [-0.2, 0) is 0 Å². The van der Waals surface area contributed by atoms with E-state index in [4.69, 9.17) is 0 Å². The van der Waals surface area contributed by atoms with Crippen LogP contribution in [0.2, 0.25) is 0 Å². The second kappa shape index (κ2) is 6.78. The number of hydrogen-bond donors (Lipinski definition) is 2. The van der Waals surface area contributed by atoms with Gasteiger partial charge in [0.05, 0.1) is 6.61 Å². The molecule has 0 aliphatic heterocycles. The number of hydrogen-bond acceptors (Lipinski definition) is 3. The Balaban J connectivity index is 2.06. The van der Waals surface area contributed by atoms with Crippen molar-refractivity contribution in [1.82, 2.24) is 5.32 Å². The van der Waals surface area contributed by atoms with Crippen LogP contribution in [0.4, 0.5) is 0 Å². The molecule has 3 unspecified atom stereocenters. The molecule has 1 aliphatic rings. The topological polar surface area (TPSA) is 32.3 Å². The molecule has 1 aromatic rings. The van der Waals surface area contributed by atoms with Gasteiger partial charge in [-0.1, -0.05) is 29.8 Å². The summed E-state index contributed by atoms with van der Waals surface area (Å²) in [4.78, 5) is 0. The maximum atomic E-state index is 9.41. The molecule has 0 spiro atoms. The average Bonchev–Trinajstić information content (AvgIpc) is 3.23. The molecule has 0 radical (unpaired) electrons. The molecular weight excluding hydrogens is 254 g/mol. The van der Waals surface area contributed by atoms with E-state index < -0.39 is 0 Å². The summed E-state index contributed by atoms with van der Waals surface area (Å²) >= 11 is 1.74. The molecule has 2 rings (SSSR count). The molecule has 2 N–H and O–H groups in total. The SMILES string of the molecule is CSC(CO)C(C)NC(c1ccc(C)cc1)C1CC1. The third-order valence-corrected chi connectivity index (χ3v) is 5.18. The first-order valence-electron chi connectivity index (χ1n) is 7.12. The highest BCUT2D eigenvalue weighted by atomic mass is 32.2. The molecule has 19 heavy (non-hydrogen) atoms. The van der Waals surface area contributed by atoms with Crippen molar-refractivity contribution in [2.24, 2.45) is 5.92 Å². The van der Waals surface area contributed by atoms with Crippen molar-refractivity contribution in [1.29, 1.82) is 0 Å². The van der Waals surface area contributed by atoms with E-state index in [2.05, 4.69) is 49.7 Å². The van der Waals surface area contributed by atoms with Crippen LogP contribution in [0.1, 0.15) is 36.9 Å². The van der Waals surface area contributed by atoms with Crippen molar-refractivity contribution in [3.63, 3.8) is 0 Å². The molecule has 0 bridgehead atoms. The molecule has 3 heteroatoms. The first-order chi connectivity index (χ1) is 9.15. The molecule has 1 aromatic carbocycles. The maximum absolute atomic E-state index is 9.41. The lowest BCUT2D eigenvalue weighted by Gasteiger charge is -2.28. The van der Waals surface area contributed by atoms with Crippen molar-refractivity contribution < 1.29 is 5.11 Å². The molecule has 1 aliphatic carbocycles. The van der Waals surface area contributed by atoms with Gasteiger partial charge in [-0.05, 0) is 44.4 Å². The molecule has 0 saturated heterocycles. The number of thioether (sulfide) groups is 1. The molecule has 106 valence electrons. The third-order valence-electron chi connectivity index (χ3n) is 4.01. The summed E-state index contributed by atoms with van der Waals surface area (Å²) in [6, 6.07) is 9.63. The fraction of sp³-hybridized carbons (Fsp3) is 0.625. The first-order valence-corrected chi connectivity index (χ1v) is 8.40. The van der Waals surface area contributed by atoms with Gasteiger partial charge in [0, 0.05) is 17.3 Å². The number of aliphatic hydroxyl groups excluding tert-OH is 1. The predicted molar refractivity (Wildman–Crippen MR) is 83.6 cm³/mol. The largest absolute Gasteiger partial charge is 0.395 e. The van der Waals surface area contributed by atoms with Crippen molar-refractivity contribution in [3.8, 4) is 0 Å². The van der Waals surface area contributed by atoms with E-state index in [0.29, 0.717) is 12.1 Å². The van der Waals surface area contributed by atoms with Crippen LogP contribution in [0.5, 0.6) is 0 Å². The monoisotopic (exact) mass is 279 g/mol. The molecule has 0 amide bonds. The van der Waals surface area contributed by atoms with Gasteiger partial charge in [0.2, 0.25) is 0 Å².